The quantitative estimate of drug-likeness (QED) is 0.800. The summed E-state index contributed by atoms with van der Waals surface area (Å²) < 4.78 is 0. The monoisotopic (exact) mass is 228 g/mol. The number of rotatable bonds is 1. The number of carbonyl (C=O) groups is 1. The van der Waals surface area contributed by atoms with Crippen molar-refractivity contribution in [2.45, 2.75) is 13.0 Å². The molecule has 2 aromatic rings. The molecule has 2 aromatic heterocycles. The number of aromatic nitrogens is 3. The number of aromatic amines is 1. The van der Waals surface area contributed by atoms with Gasteiger partial charge in [-0.2, -0.15) is 5.10 Å². The van der Waals surface area contributed by atoms with Gasteiger partial charge in [-0.25, -0.2) is 0 Å². The molecule has 0 fully saturated rings. The summed E-state index contributed by atoms with van der Waals surface area (Å²) >= 11 is 0. The van der Waals surface area contributed by atoms with Gasteiger partial charge in [-0.15, -0.1) is 0 Å². The van der Waals surface area contributed by atoms with E-state index >= 15 is 0 Å². The van der Waals surface area contributed by atoms with Crippen molar-refractivity contribution in [2.75, 3.05) is 7.05 Å². The fourth-order valence-electron chi connectivity index (χ4n) is 2.34. The maximum absolute atomic E-state index is 12.0. The summed E-state index contributed by atoms with van der Waals surface area (Å²) in [5.74, 6) is -0.0433. The molecule has 0 bridgehead atoms. The van der Waals surface area contributed by atoms with Gasteiger partial charge in [0.2, 0.25) is 0 Å². The summed E-state index contributed by atoms with van der Waals surface area (Å²) in [5.41, 5.74) is 3.43. The Balaban J connectivity index is 2.18. The van der Waals surface area contributed by atoms with Crippen molar-refractivity contribution in [3.63, 3.8) is 0 Å². The molecular formula is C12H12N4O. The molecule has 0 unspecified atom stereocenters. The number of fused-ring (bicyclic) bond motifs is 1. The highest BCUT2D eigenvalue weighted by Crippen LogP contribution is 2.37. The predicted octanol–water partition coefficient (Wildman–Crippen LogP) is 1.29. The molecule has 5 heteroatoms. The Hall–Kier alpha value is -2.17. The SMILES string of the molecule is Cc1[nH]nc2c1[C@@H](c1cccnc1)N(C)C2=O. The van der Waals surface area contributed by atoms with Gasteiger partial charge in [0.15, 0.2) is 5.69 Å². The molecule has 17 heavy (non-hydrogen) atoms. The first-order valence-corrected chi connectivity index (χ1v) is 5.42. The Morgan fingerprint density at radius 1 is 1.47 bits per heavy atom. The first kappa shape index (κ1) is 10.0. The van der Waals surface area contributed by atoms with Crippen molar-refractivity contribution in [1.29, 1.82) is 0 Å². The zero-order chi connectivity index (χ0) is 12.0. The molecule has 1 aliphatic rings. The van der Waals surface area contributed by atoms with E-state index in [1.54, 1.807) is 24.3 Å². The van der Waals surface area contributed by atoms with Gasteiger partial charge in [0.1, 0.15) is 0 Å². The number of pyridine rings is 1. The van der Waals surface area contributed by atoms with Crippen LogP contribution in [0.2, 0.25) is 0 Å². The molecule has 0 radical (unpaired) electrons. The molecule has 5 nitrogen and oxygen atoms in total. The Bertz CT molecular complexity index is 575. The highest BCUT2D eigenvalue weighted by Gasteiger charge is 2.39. The van der Waals surface area contributed by atoms with Gasteiger partial charge in [0.05, 0.1) is 6.04 Å². The first-order valence-electron chi connectivity index (χ1n) is 5.42. The van der Waals surface area contributed by atoms with Crippen LogP contribution in [0.25, 0.3) is 0 Å². The van der Waals surface area contributed by atoms with E-state index < -0.39 is 0 Å². The van der Waals surface area contributed by atoms with Crippen LogP contribution < -0.4 is 0 Å². The summed E-state index contributed by atoms with van der Waals surface area (Å²) in [4.78, 5) is 17.8. The number of nitrogens with one attached hydrogen (secondary N) is 1. The number of aryl methyl sites for hydroxylation is 1. The molecule has 3 heterocycles. The fourth-order valence-corrected chi connectivity index (χ4v) is 2.34. The number of H-pyrrole nitrogens is 1. The van der Waals surface area contributed by atoms with Crippen LogP contribution in [0.15, 0.2) is 24.5 Å². The van der Waals surface area contributed by atoms with E-state index in [-0.39, 0.29) is 11.9 Å². The maximum Gasteiger partial charge on any atom is 0.275 e. The third kappa shape index (κ3) is 1.28. The summed E-state index contributed by atoms with van der Waals surface area (Å²) in [6, 6.07) is 3.77. The second kappa shape index (κ2) is 3.41. The summed E-state index contributed by atoms with van der Waals surface area (Å²) in [6.07, 6.45) is 3.51. The van der Waals surface area contributed by atoms with Gasteiger partial charge in [-0.3, -0.25) is 14.9 Å². The van der Waals surface area contributed by atoms with Crippen molar-refractivity contribution in [3.8, 4) is 0 Å². The van der Waals surface area contributed by atoms with Crippen LogP contribution in [-0.4, -0.2) is 33.0 Å². The van der Waals surface area contributed by atoms with Crippen LogP contribution in [0.1, 0.15) is 33.4 Å². The molecule has 86 valence electrons. The second-order valence-electron chi connectivity index (χ2n) is 4.22. The predicted molar refractivity (Wildman–Crippen MR) is 61.5 cm³/mol. The molecule has 3 rings (SSSR count). The van der Waals surface area contributed by atoms with E-state index in [1.165, 1.54) is 0 Å². The van der Waals surface area contributed by atoms with Gasteiger partial charge in [-0.05, 0) is 18.6 Å². The van der Waals surface area contributed by atoms with Gasteiger partial charge < -0.3 is 4.90 Å². The number of nitrogens with zero attached hydrogens (tertiary/aromatic N) is 3. The lowest BCUT2D eigenvalue weighted by molar-refractivity contribution is 0.0787. The summed E-state index contributed by atoms with van der Waals surface area (Å²) in [5, 5.41) is 6.94. The largest absolute Gasteiger partial charge is 0.329 e. The topological polar surface area (TPSA) is 61.9 Å². The highest BCUT2D eigenvalue weighted by atomic mass is 16.2. The molecule has 0 saturated carbocycles. The summed E-state index contributed by atoms with van der Waals surface area (Å²) in [7, 11) is 1.79. The lowest BCUT2D eigenvalue weighted by atomic mass is 10.0. The molecule has 0 aromatic carbocycles. The number of hydrogen-bond donors (Lipinski definition) is 1. The third-order valence-corrected chi connectivity index (χ3v) is 3.18. The summed E-state index contributed by atoms with van der Waals surface area (Å²) in [6.45, 7) is 1.93. The molecular weight excluding hydrogens is 216 g/mol. The molecule has 0 aliphatic carbocycles. The zero-order valence-electron chi connectivity index (χ0n) is 9.64. The van der Waals surface area contributed by atoms with Crippen molar-refractivity contribution in [3.05, 3.63) is 47.0 Å². The van der Waals surface area contributed by atoms with Crippen LogP contribution in [0.5, 0.6) is 0 Å². The third-order valence-electron chi connectivity index (χ3n) is 3.18. The molecule has 1 N–H and O–H groups in total. The lowest BCUT2D eigenvalue weighted by Gasteiger charge is -2.20. The van der Waals surface area contributed by atoms with Gasteiger partial charge in [-0.1, -0.05) is 6.07 Å². The minimum atomic E-state index is -0.0788. The fraction of sp³-hybridized carbons (Fsp3) is 0.250. The van der Waals surface area contributed by atoms with E-state index in [1.807, 2.05) is 19.1 Å². The number of hydrogen-bond acceptors (Lipinski definition) is 3. The standard InChI is InChI=1S/C12H12N4O/c1-7-9-10(15-14-7)12(17)16(2)11(9)8-4-3-5-13-6-8/h3-6,11H,1-2H3,(H,14,15)/t11-/m1/s1. The molecule has 0 saturated heterocycles. The van der Waals surface area contributed by atoms with Gasteiger partial charge in [0.25, 0.3) is 5.91 Å². The smallest absolute Gasteiger partial charge is 0.275 e. The van der Waals surface area contributed by atoms with E-state index in [0.29, 0.717) is 5.69 Å². The van der Waals surface area contributed by atoms with Gasteiger partial charge in [0, 0.05) is 30.7 Å². The van der Waals surface area contributed by atoms with Gasteiger partial charge >= 0.3 is 0 Å². The maximum atomic E-state index is 12.0. The van der Waals surface area contributed by atoms with E-state index in [9.17, 15) is 4.79 Å². The number of amides is 1. The van der Waals surface area contributed by atoms with Crippen LogP contribution in [0, 0.1) is 6.92 Å². The Kier molecular flexibility index (Phi) is 2.01. The molecule has 1 aliphatic heterocycles. The average Bonchev–Trinajstić information content (AvgIpc) is 2.83. The van der Waals surface area contributed by atoms with E-state index in [2.05, 4.69) is 15.2 Å². The lowest BCUT2D eigenvalue weighted by Crippen LogP contribution is -2.24. The Morgan fingerprint density at radius 2 is 2.29 bits per heavy atom. The second-order valence-corrected chi connectivity index (χ2v) is 4.22. The van der Waals surface area contributed by atoms with Crippen LogP contribution in [0.4, 0.5) is 0 Å². The van der Waals surface area contributed by atoms with Crippen LogP contribution in [0.3, 0.4) is 0 Å². The van der Waals surface area contributed by atoms with Crippen molar-refractivity contribution >= 4 is 5.91 Å². The van der Waals surface area contributed by atoms with Crippen molar-refractivity contribution in [2.24, 2.45) is 0 Å². The highest BCUT2D eigenvalue weighted by molar-refractivity contribution is 5.98. The van der Waals surface area contributed by atoms with Crippen molar-refractivity contribution in [1.82, 2.24) is 20.1 Å². The van der Waals surface area contributed by atoms with E-state index in [0.717, 1.165) is 16.8 Å². The molecule has 1 amide bonds. The van der Waals surface area contributed by atoms with Crippen LogP contribution >= 0.6 is 0 Å². The zero-order valence-corrected chi connectivity index (χ0v) is 9.64. The average molecular weight is 228 g/mol. The Morgan fingerprint density at radius 3 is 3.00 bits per heavy atom. The minimum absolute atomic E-state index is 0.0433. The van der Waals surface area contributed by atoms with E-state index in [4.69, 9.17) is 0 Å². The van der Waals surface area contributed by atoms with Crippen molar-refractivity contribution < 1.29 is 4.79 Å². The Labute approximate surface area is 98.5 Å². The molecule has 0 spiro atoms. The first-order chi connectivity index (χ1) is 8.20. The number of carbonyl (C=O) groups excluding carboxylic acids is 1. The van der Waals surface area contributed by atoms with Crippen LogP contribution in [-0.2, 0) is 0 Å². The minimum Gasteiger partial charge on any atom is -0.329 e. The normalized spacial score (nSPS) is 18.6. The molecule has 1 atom stereocenters.